The summed E-state index contributed by atoms with van der Waals surface area (Å²) in [4.78, 5) is 15.2. The molecule has 0 saturated heterocycles. The van der Waals surface area contributed by atoms with Crippen LogP contribution in [-0.2, 0) is 0 Å². The number of ether oxygens (including phenoxy) is 2. The van der Waals surface area contributed by atoms with Gasteiger partial charge < -0.3 is 24.3 Å². The molecule has 0 saturated carbocycles. The molecule has 0 fully saturated rings. The van der Waals surface area contributed by atoms with E-state index in [9.17, 15) is 15.0 Å². The van der Waals surface area contributed by atoms with Gasteiger partial charge in [0.1, 0.15) is 17.2 Å². The maximum atomic E-state index is 13.9. The number of hydrogen-bond donors (Lipinski definition) is 2. The highest BCUT2D eigenvalue weighted by Crippen LogP contribution is 2.45. The number of aliphatic hydroxyl groups excluding tert-OH is 1. The number of fused-ring (bicyclic) bond motifs is 4. The van der Waals surface area contributed by atoms with E-state index >= 15 is 0 Å². The van der Waals surface area contributed by atoms with Gasteiger partial charge in [0.15, 0.2) is 6.23 Å². The lowest BCUT2D eigenvalue weighted by Crippen LogP contribution is -2.28. The molecule has 1 aliphatic heterocycles. The molecule has 0 bridgehead atoms. The van der Waals surface area contributed by atoms with Crippen LogP contribution in [0.15, 0.2) is 78.9 Å². The number of benzene rings is 4. The highest BCUT2D eigenvalue weighted by atomic mass is 16.5. The zero-order valence-electron chi connectivity index (χ0n) is 19.1. The molecular formula is C28H22N2O5. The van der Waals surface area contributed by atoms with Gasteiger partial charge in [0.2, 0.25) is 0 Å². The molecule has 7 nitrogen and oxygen atoms in total. The van der Waals surface area contributed by atoms with Gasteiger partial charge in [-0.3, -0.25) is 9.69 Å². The van der Waals surface area contributed by atoms with E-state index in [1.807, 2.05) is 47.0 Å². The number of phenols is 1. The number of amides is 1. The zero-order chi connectivity index (χ0) is 24.3. The Hall–Kier alpha value is -4.49. The van der Waals surface area contributed by atoms with E-state index in [2.05, 4.69) is 0 Å². The van der Waals surface area contributed by atoms with E-state index in [0.717, 1.165) is 16.4 Å². The summed E-state index contributed by atoms with van der Waals surface area (Å²) in [5, 5.41) is 23.5. The second-order valence-electron chi connectivity index (χ2n) is 8.35. The maximum Gasteiger partial charge on any atom is 0.263 e. The number of aromatic hydroxyl groups is 1. The first kappa shape index (κ1) is 21.1. The molecule has 174 valence electrons. The predicted octanol–water partition coefficient (Wildman–Crippen LogP) is 5.16. The van der Waals surface area contributed by atoms with Crippen LogP contribution in [0.5, 0.6) is 17.2 Å². The van der Waals surface area contributed by atoms with Crippen molar-refractivity contribution in [2.45, 2.75) is 6.23 Å². The van der Waals surface area contributed by atoms with Gasteiger partial charge in [0, 0.05) is 22.4 Å². The van der Waals surface area contributed by atoms with Gasteiger partial charge >= 0.3 is 0 Å². The van der Waals surface area contributed by atoms with E-state index in [0.29, 0.717) is 39.4 Å². The highest BCUT2D eigenvalue weighted by molar-refractivity contribution is 6.16. The summed E-state index contributed by atoms with van der Waals surface area (Å²) in [7, 11) is 3.06. The minimum atomic E-state index is -1.19. The number of para-hydroxylation sites is 1. The molecule has 1 unspecified atom stereocenters. The third-order valence-electron chi connectivity index (χ3n) is 6.59. The van der Waals surface area contributed by atoms with Gasteiger partial charge in [-0.2, -0.15) is 0 Å². The summed E-state index contributed by atoms with van der Waals surface area (Å²) >= 11 is 0. The topological polar surface area (TPSA) is 84.2 Å². The van der Waals surface area contributed by atoms with Crippen molar-refractivity contribution in [2.24, 2.45) is 0 Å². The van der Waals surface area contributed by atoms with Crippen molar-refractivity contribution in [2.75, 3.05) is 19.1 Å². The molecule has 1 amide bonds. The molecular weight excluding hydrogens is 444 g/mol. The van der Waals surface area contributed by atoms with Crippen molar-refractivity contribution >= 4 is 33.4 Å². The summed E-state index contributed by atoms with van der Waals surface area (Å²) in [5.74, 6) is 0.807. The molecule has 2 N–H and O–H groups in total. The second-order valence-corrected chi connectivity index (χ2v) is 8.35. The van der Waals surface area contributed by atoms with Crippen LogP contribution in [-0.4, -0.2) is 34.9 Å². The molecule has 2 heterocycles. The number of aliphatic hydroxyl groups is 1. The molecule has 1 aliphatic rings. The van der Waals surface area contributed by atoms with Crippen LogP contribution in [0.2, 0.25) is 0 Å². The Morgan fingerprint density at radius 3 is 2.40 bits per heavy atom. The van der Waals surface area contributed by atoms with Crippen LogP contribution >= 0.6 is 0 Å². The molecule has 0 aliphatic carbocycles. The lowest BCUT2D eigenvalue weighted by Gasteiger charge is -2.23. The Morgan fingerprint density at radius 2 is 1.60 bits per heavy atom. The van der Waals surface area contributed by atoms with Crippen molar-refractivity contribution in [3.05, 3.63) is 90.0 Å². The van der Waals surface area contributed by atoms with Gasteiger partial charge in [-0.1, -0.05) is 36.4 Å². The van der Waals surface area contributed by atoms with Crippen LogP contribution in [0.25, 0.3) is 27.5 Å². The molecule has 0 spiro atoms. The fourth-order valence-corrected chi connectivity index (χ4v) is 5.05. The van der Waals surface area contributed by atoms with Gasteiger partial charge in [0.25, 0.3) is 5.91 Å². The molecule has 1 atom stereocenters. The first-order valence-corrected chi connectivity index (χ1v) is 11.1. The quantitative estimate of drug-likeness (QED) is 0.382. The number of aromatic nitrogens is 1. The smallest absolute Gasteiger partial charge is 0.263 e. The fraction of sp³-hybridized carbons (Fsp3) is 0.107. The molecule has 6 rings (SSSR count). The lowest BCUT2D eigenvalue weighted by molar-refractivity contribution is 0.0934. The van der Waals surface area contributed by atoms with Crippen molar-refractivity contribution in [1.29, 1.82) is 0 Å². The summed E-state index contributed by atoms with van der Waals surface area (Å²) in [6, 6.07) is 23.6. The normalized spacial score (nSPS) is 15.1. The summed E-state index contributed by atoms with van der Waals surface area (Å²) < 4.78 is 12.7. The van der Waals surface area contributed by atoms with Crippen LogP contribution in [0, 0.1) is 0 Å². The molecule has 7 heteroatoms. The SMILES string of the molecule is COc1ccc(N2C(=O)c3c(cccc3-n3c4ccccc4c4c(O)cccc43)C2O)c(OC)c1. The average Bonchev–Trinajstić information content (AvgIpc) is 3.36. The van der Waals surface area contributed by atoms with Gasteiger partial charge in [0.05, 0.1) is 42.2 Å². The van der Waals surface area contributed by atoms with E-state index in [4.69, 9.17) is 9.47 Å². The highest BCUT2D eigenvalue weighted by Gasteiger charge is 2.40. The lowest BCUT2D eigenvalue weighted by atomic mass is 10.1. The Morgan fingerprint density at radius 1 is 0.829 bits per heavy atom. The Kier molecular flexibility index (Phi) is 4.69. The number of nitrogens with zero attached hydrogens (tertiary/aromatic N) is 2. The van der Waals surface area contributed by atoms with Crippen LogP contribution < -0.4 is 14.4 Å². The predicted molar refractivity (Wildman–Crippen MR) is 134 cm³/mol. The third kappa shape index (κ3) is 2.92. The van der Waals surface area contributed by atoms with Crippen LogP contribution in [0.3, 0.4) is 0 Å². The molecule has 4 aromatic carbocycles. The van der Waals surface area contributed by atoms with Crippen LogP contribution in [0.4, 0.5) is 5.69 Å². The monoisotopic (exact) mass is 466 g/mol. The number of carbonyl (C=O) groups excluding carboxylic acids is 1. The van der Waals surface area contributed by atoms with Crippen molar-refractivity contribution in [3.63, 3.8) is 0 Å². The van der Waals surface area contributed by atoms with Gasteiger partial charge in [-0.25, -0.2) is 0 Å². The standard InChI is InChI=1S/C28H22N2O5/c1-34-16-13-14-20(24(15-16)35-2)30-27(32)18-8-5-10-22(26(18)28(30)33)29-19-9-4-3-7-17(19)25-21(29)11-6-12-23(25)31/h3-15,27,31-32H,1-2H3. The minimum Gasteiger partial charge on any atom is -0.507 e. The summed E-state index contributed by atoms with van der Waals surface area (Å²) in [5.41, 5.74) is 3.56. The van der Waals surface area contributed by atoms with E-state index in [1.165, 1.54) is 12.0 Å². The van der Waals surface area contributed by atoms with Gasteiger partial charge in [-0.15, -0.1) is 0 Å². The second kappa shape index (κ2) is 7.78. The number of anilines is 1. The Labute approximate surface area is 201 Å². The first-order chi connectivity index (χ1) is 17.0. The van der Waals surface area contributed by atoms with Crippen LogP contribution in [0.1, 0.15) is 22.1 Å². The Bertz CT molecular complexity index is 1640. The summed E-state index contributed by atoms with van der Waals surface area (Å²) in [6.45, 7) is 0. The summed E-state index contributed by atoms with van der Waals surface area (Å²) in [6.07, 6.45) is -1.19. The number of hydrogen-bond acceptors (Lipinski definition) is 5. The fourth-order valence-electron chi connectivity index (χ4n) is 5.05. The number of methoxy groups -OCH3 is 2. The number of phenolic OH excluding ortho intramolecular Hbond substituents is 1. The third-order valence-corrected chi connectivity index (χ3v) is 6.59. The van der Waals surface area contributed by atoms with Gasteiger partial charge in [-0.05, 0) is 36.4 Å². The Balaban J connectivity index is 1.60. The number of carbonyl (C=O) groups is 1. The minimum absolute atomic E-state index is 0.168. The van der Waals surface area contributed by atoms with Crippen molar-refractivity contribution < 1.29 is 24.5 Å². The van der Waals surface area contributed by atoms with E-state index < -0.39 is 6.23 Å². The van der Waals surface area contributed by atoms with Crippen molar-refractivity contribution in [3.8, 4) is 22.9 Å². The average molecular weight is 466 g/mol. The largest absolute Gasteiger partial charge is 0.507 e. The van der Waals surface area contributed by atoms with Crippen molar-refractivity contribution in [1.82, 2.24) is 4.57 Å². The zero-order valence-corrected chi connectivity index (χ0v) is 19.1. The van der Waals surface area contributed by atoms with E-state index in [1.54, 1.807) is 43.5 Å². The first-order valence-electron chi connectivity index (χ1n) is 11.1. The van der Waals surface area contributed by atoms with E-state index in [-0.39, 0.29) is 11.7 Å². The maximum absolute atomic E-state index is 13.9. The molecule has 0 radical (unpaired) electrons. The molecule has 35 heavy (non-hydrogen) atoms. The number of rotatable bonds is 4. The molecule has 1 aromatic heterocycles. The molecule has 5 aromatic rings.